The monoisotopic (exact) mass is 423 g/mol. The molecule has 0 aliphatic rings. The third-order valence-electron chi connectivity index (χ3n) is 4.64. The Labute approximate surface area is 177 Å². The Bertz CT molecular complexity index is 1160. The number of hydrogen-bond acceptors (Lipinski definition) is 4. The number of ketones is 1. The Morgan fingerprint density at radius 1 is 1.03 bits per heavy atom. The minimum Gasteiger partial charge on any atom is -0.457 e. The van der Waals surface area contributed by atoms with Crippen molar-refractivity contribution in [2.75, 3.05) is 11.9 Å². The smallest absolute Gasteiger partial charge is 0.448 e. The number of esters is 1. The Hall–Kier alpha value is -3.90. The number of nitrogens with zero attached hydrogens (tertiary/aromatic N) is 2. The van der Waals surface area contributed by atoms with Crippen molar-refractivity contribution in [2.45, 2.75) is 18.9 Å². The summed E-state index contributed by atoms with van der Waals surface area (Å²) in [6.45, 7) is 1.26. The van der Waals surface area contributed by atoms with E-state index in [-0.39, 0.29) is 12.2 Å². The molecule has 3 aromatic carbocycles. The summed E-state index contributed by atoms with van der Waals surface area (Å²) in [4.78, 5) is 27.0. The predicted octanol–water partition coefficient (Wildman–Crippen LogP) is 4.43. The van der Waals surface area contributed by atoms with Gasteiger partial charge < -0.3 is 15.6 Å². The van der Waals surface area contributed by atoms with E-state index in [1.165, 1.54) is 19.1 Å². The molecule has 0 amide bonds. The molecule has 0 saturated heterocycles. The van der Waals surface area contributed by atoms with E-state index in [0.29, 0.717) is 11.1 Å². The first-order chi connectivity index (χ1) is 14.9. The average molecular weight is 423 g/mol. The van der Waals surface area contributed by atoms with Crippen LogP contribution in [0.4, 0.5) is 14.5 Å². The lowest BCUT2D eigenvalue weighted by atomic mass is 9.93. The third kappa shape index (κ3) is 4.65. The van der Waals surface area contributed by atoms with E-state index in [2.05, 4.69) is 14.8 Å². The maximum atomic E-state index is 15.5. The number of ether oxygens (including phenoxy) is 1. The van der Waals surface area contributed by atoms with Crippen molar-refractivity contribution in [2.24, 2.45) is 0 Å². The molecule has 158 valence electrons. The number of anilines is 1. The molecule has 0 aliphatic heterocycles. The Kier molecular flexibility index (Phi) is 6.52. The van der Waals surface area contributed by atoms with Gasteiger partial charge in [0.1, 0.15) is 6.04 Å². The van der Waals surface area contributed by atoms with Gasteiger partial charge in [-0.15, -0.1) is 0 Å². The van der Waals surface area contributed by atoms with Gasteiger partial charge in [-0.05, 0) is 41.5 Å². The summed E-state index contributed by atoms with van der Waals surface area (Å²) in [5.41, 5.74) is 8.14. The van der Waals surface area contributed by atoms with Gasteiger partial charge in [-0.2, -0.15) is 13.6 Å². The fraction of sp³-hybridized carbons (Fsp3) is 0.174. The van der Waals surface area contributed by atoms with Crippen LogP contribution in [-0.2, 0) is 14.3 Å². The van der Waals surface area contributed by atoms with Gasteiger partial charge in [-0.3, -0.25) is 4.79 Å². The van der Waals surface area contributed by atoms with Crippen molar-refractivity contribution in [3.05, 3.63) is 83.9 Å². The van der Waals surface area contributed by atoms with Gasteiger partial charge in [-0.1, -0.05) is 54.6 Å². The van der Waals surface area contributed by atoms with Crippen LogP contribution >= 0.6 is 0 Å². The van der Waals surface area contributed by atoms with E-state index >= 15 is 8.78 Å². The first kappa shape index (κ1) is 21.8. The highest BCUT2D eigenvalue weighted by Gasteiger charge is 2.55. The van der Waals surface area contributed by atoms with Crippen molar-refractivity contribution in [1.29, 1.82) is 0 Å². The molecular weight excluding hydrogens is 404 g/mol. The number of para-hydroxylation sites is 1. The van der Waals surface area contributed by atoms with Crippen LogP contribution in [0.2, 0.25) is 0 Å². The molecule has 0 saturated carbocycles. The number of alkyl halides is 2. The molecule has 0 fully saturated rings. The molecule has 1 unspecified atom stereocenters. The number of carbonyl (C=O) groups is 2. The van der Waals surface area contributed by atoms with Crippen molar-refractivity contribution in [1.82, 2.24) is 0 Å². The number of halogens is 2. The van der Waals surface area contributed by atoms with Crippen molar-refractivity contribution >= 4 is 33.9 Å². The van der Waals surface area contributed by atoms with Crippen LogP contribution in [-0.4, -0.2) is 34.8 Å². The van der Waals surface area contributed by atoms with Crippen LogP contribution in [0.1, 0.15) is 18.5 Å². The van der Waals surface area contributed by atoms with Crippen molar-refractivity contribution in [3.8, 4) is 0 Å². The van der Waals surface area contributed by atoms with Crippen molar-refractivity contribution < 1.29 is 27.9 Å². The zero-order valence-electron chi connectivity index (χ0n) is 16.6. The molecule has 0 heterocycles. The maximum Gasteiger partial charge on any atom is 0.448 e. The SMILES string of the molecule is CCOC(=O)C(=[N+]=[N-])C(=O)C(F)(F)C(Nc1ccccc1)c1ccc2ccccc2c1. The molecule has 0 spiro atoms. The van der Waals surface area contributed by atoms with E-state index < -0.39 is 29.4 Å². The molecule has 1 atom stereocenters. The minimum atomic E-state index is -4.15. The second-order valence-corrected chi connectivity index (χ2v) is 6.67. The summed E-state index contributed by atoms with van der Waals surface area (Å²) < 4.78 is 35.5. The Balaban J connectivity index is 2.08. The molecule has 3 aromatic rings. The lowest BCUT2D eigenvalue weighted by Crippen LogP contribution is -2.46. The minimum absolute atomic E-state index is 0.113. The van der Waals surface area contributed by atoms with Crippen LogP contribution in [0.3, 0.4) is 0 Å². The lowest BCUT2D eigenvalue weighted by molar-refractivity contribution is -0.149. The predicted molar refractivity (Wildman–Crippen MR) is 112 cm³/mol. The Morgan fingerprint density at radius 2 is 1.68 bits per heavy atom. The summed E-state index contributed by atoms with van der Waals surface area (Å²) in [5, 5.41) is 4.21. The number of benzene rings is 3. The normalized spacial score (nSPS) is 12.0. The van der Waals surface area contributed by atoms with Gasteiger partial charge in [0.25, 0.3) is 0 Å². The molecule has 3 rings (SSSR count). The Morgan fingerprint density at radius 3 is 2.32 bits per heavy atom. The second-order valence-electron chi connectivity index (χ2n) is 6.67. The molecule has 0 radical (unpaired) electrons. The summed E-state index contributed by atoms with van der Waals surface area (Å²) in [7, 11) is 0. The quantitative estimate of drug-likeness (QED) is 0.191. The summed E-state index contributed by atoms with van der Waals surface area (Å²) in [5.74, 6) is -7.52. The topological polar surface area (TPSA) is 91.8 Å². The molecule has 8 heteroatoms. The van der Waals surface area contributed by atoms with E-state index in [0.717, 1.165) is 5.39 Å². The summed E-state index contributed by atoms with van der Waals surface area (Å²) in [6, 6.07) is 18.2. The summed E-state index contributed by atoms with van der Waals surface area (Å²) in [6.07, 6.45) is 0. The molecule has 31 heavy (non-hydrogen) atoms. The van der Waals surface area contributed by atoms with Crippen LogP contribution < -0.4 is 5.32 Å². The zero-order chi connectivity index (χ0) is 22.4. The standard InChI is InChI=1S/C23H19F2N3O3/c1-2-31-22(30)19(28-26)21(29)23(24,25)20(27-18-10-4-3-5-11-18)17-13-12-15-8-6-7-9-16(15)14-17/h3-14,20,27H,2H2,1H3. The van der Waals surface area contributed by atoms with Crippen molar-refractivity contribution in [3.63, 3.8) is 0 Å². The summed E-state index contributed by atoms with van der Waals surface area (Å²) >= 11 is 0. The van der Waals surface area contributed by atoms with E-state index in [1.54, 1.807) is 48.5 Å². The average Bonchev–Trinajstić information content (AvgIpc) is 2.78. The first-order valence-electron chi connectivity index (χ1n) is 9.50. The van der Waals surface area contributed by atoms with Gasteiger partial charge in [0.15, 0.2) is 0 Å². The van der Waals surface area contributed by atoms with Gasteiger partial charge >= 0.3 is 23.4 Å². The highest BCUT2D eigenvalue weighted by molar-refractivity contribution is 6.63. The van der Waals surface area contributed by atoms with Gasteiger partial charge in [0.05, 0.1) is 6.61 Å². The van der Waals surface area contributed by atoms with Crippen LogP contribution in [0, 0.1) is 0 Å². The molecule has 0 aliphatic carbocycles. The molecule has 6 nitrogen and oxygen atoms in total. The third-order valence-corrected chi connectivity index (χ3v) is 4.64. The molecule has 1 N–H and O–H groups in total. The number of nitrogens with one attached hydrogen (secondary N) is 1. The number of rotatable bonds is 8. The molecular formula is C23H19F2N3O3. The maximum absolute atomic E-state index is 15.5. The van der Waals surface area contributed by atoms with Crippen LogP contribution in [0.15, 0.2) is 72.8 Å². The van der Waals surface area contributed by atoms with Gasteiger partial charge in [0.2, 0.25) is 0 Å². The lowest BCUT2D eigenvalue weighted by Gasteiger charge is -2.27. The number of fused-ring (bicyclic) bond motifs is 1. The second kappa shape index (κ2) is 9.28. The van der Waals surface area contributed by atoms with E-state index in [9.17, 15) is 9.59 Å². The fourth-order valence-corrected chi connectivity index (χ4v) is 3.14. The first-order valence-corrected chi connectivity index (χ1v) is 9.50. The largest absolute Gasteiger partial charge is 0.457 e. The van der Waals surface area contributed by atoms with Gasteiger partial charge in [-0.25, -0.2) is 4.79 Å². The fourth-order valence-electron chi connectivity index (χ4n) is 3.14. The number of hydrogen-bond donors (Lipinski definition) is 1. The molecule has 0 aromatic heterocycles. The van der Waals surface area contributed by atoms with Crippen LogP contribution in [0.5, 0.6) is 0 Å². The van der Waals surface area contributed by atoms with Gasteiger partial charge in [0, 0.05) is 5.69 Å². The highest BCUT2D eigenvalue weighted by atomic mass is 19.3. The number of Topliss-reactive ketones (excluding diaryl/α,β-unsaturated/α-hetero) is 1. The van der Waals surface area contributed by atoms with E-state index in [1.807, 2.05) is 12.1 Å². The highest BCUT2D eigenvalue weighted by Crippen LogP contribution is 2.37. The molecule has 0 bridgehead atoms. The zero-order valence-corrected chi connectivity index (χ0v) is 16.6. The van der Waals surface area contributed by atoms with Crippen LogP contribution in [0.25, 0.3) is 16.3 Å². The van der Waals surface area contributed by atoms with E-state index in [4.69, 9.17) is 5.53 Å². The number of carbonyl (C=O) groups excluding carboxylic acids is 2.